The third kappa shape index (κ3) is 5.90. The van der Waals surface area contributed by atoms with Crippen molar-refractivity contribution in [1.82, 2.24) is 9.88 Å². The van der Waals surface area contributed by atoms with Gasteiger partial charge >= 0.3 is 0 Å². The van der Waals surface area contributed by atoms with E-state index in [1.54, 1.807) is 0 Å². The summed E-state index contributed by atoms with van der Waals surface area (Å²) in [6, 6.07) is 20.0. The quantitative estimate of drug-likeness (QED) is 0.567. The van der Waals surface area contributed by atoms with Crippen LogP contribution in [-0.2, 0) is 6.42 Å². The maximum Gasteiger partial charge on any atom is 0.255 e. The lowest BCUT2D eigenvalue weighted by molar-refractivity contribution is 0.102. The van der Waals surface area contributed by atoms with Gasteiger partial charge in [0.1, 0.15) is 0 Å². The summed E-state index contributed by atoms with van der Waals surface area (Å²) in [5.74, 6) is -0.0795. The summed E-state index contributed by atoms with van der Waals surface area (Å²) in [6.07, 6.45) is 4.76. The van der Waals surface area contributed by atoms with Crippen LogP contribution in [0.1, 0.15) is 22.8 Å². The predicted octanol–water partition coefficient (Wildman–Crippen LogP) is 4.15. The highest BCUT2D eigenvalue weighted by atomic mass is 16.1. The molecule has 0 radical (unpaired) electrons. The number of pyridine rings is 1. The molecule has 1 saturated heterocycles. The molecule has 6 heteroatoms. The van der Waals surface area contributed by atoms with Gasteiger partial charge in [-0.25, -0.2) is 0 Å². The number of para-hydroxylation sites is 2. The minimum Gasteiger partial charge on any atom is -0.375 e. The van der Waals surface area contributed by atoms with Crippen LogP contribution in [0.15, 0.2) is 73.1 Å². The molecule has 4 rings (SSSR count). The Hall–Kier alpha value is -3.38. The minimum atomic E-state index is -0.0795. The number of benzene rings is 2. The lowest BCUT2D eigenvalue weighted by Gasteiger charge is -2.37. The van der Waals surface area contributed by atoms with Crippen molar-refractivity contribution in [1.29, 1.82) is 0 Å². The summed E-state index contributed by atoms with van der Waals surface area (Å²) in [7, 11) is 2.05. The van der Waals surface area contributed by atoms with Crippen molar-refractivity contribution in [3.8, 4) is 0 Å². The number of piperazine rings is 1. The fourth-order valence-electron chi connectivity index (χ4n) is 4.15. The second kappa shape index (κ2) is 11.0. The van der Waals surface area contributed by atoms with Crippen LogP contribution < -0.4 is 15.1 Å². The van der Waals surface area contributed by atoms with Crippen LogP contribution in [-0.4, -0.2) is 62.1 Å². The maximum absolute atomic E-state index is 12.9. The Balaban J connectivity index is 1.35. The van der Waals surface area contributed by atoms with Crippen molar-refractivity contribution in [3.63, 3.8) is 0 Å². The molecule has 0 atom stereocenters. The number of amides is 1. The Kier molecular flexibility index (Phi) is 7.58. The number of nitrogens with zero attached hydrogens (tertiary/aromatic N) is 4. The van der Waals surface area contributed by atoms with Crippen molar-refractivity contribution < 1.29 is 4.79 Å². The minimum absolute atomic E-state index is 0.0795. The summed E-state index contributed by atoms with van der Waals surface area (Å²) >= 11 is 0. The van der Waals surface area contributed by atoms with Crippen molar-refractivity contribution in [2.75, 3.05) is 61.4 Å². The number of carbonyl (C=O) groups excluding carboxylic acids is 1. The Morgan fingerprint density at radius 2 is 1.67 bits per heavy atom. The van der Waals surface area contributed by atoms with Gasteiger partial charge in [0.2, 0.25) is 0 Å². The molecule has 1 N–H and O–H groups in total. The summed E-state index contributed by atoms with van der Waals surface area (Å²) in [5, 5.41) is 3.13. The molecule has 0 spiro atoms. The van der Waals surface area contributed by atoms with E-state index in [1.807, 2.05) is 61.9 Å². The van der Waals surface area contributed by atoms with Crippen molar-refractivity contribution in [2.24, 2.45) is 0 Å². The smallest absolute Gasteiger partial charge is 0.255 e. The maximum atomic E-state index is 12.9. The average Bonchev–Trinajstić information content (AvgIpc) is 2.88. The van der Waals surface area contributed by atoms with Gasteiger partial charge in [0.05, 0.1) is 11.4 Å². The molecule has 6 nitrogen and oxygen atoms in total. The molecule has 0 aliphatic carbocycles. The fourth-order valence-corrected chi connectivity index (χ4v) is 4.15. The number of nitrogens with one attached hydrogen (secondary N) is 1. The molecule has 2 aromatic carbocycles. The molecule has 1 amide bonds. The van der Waals surface area contributed by atoms with E-state index in [-0.39, 0.29) is 5.91 Å². The van der Waals surface area contributed by atoms with Crippen LogP contribution >= 0.6 is 0 Å². The number of anilines is 3. The van der Waals surface area contributed by atoms with Gasteiger partial charge in [-0.3, -0.25) is 14.7 Å². The largest absolute Gasteiger partial charge is 0.375 e. The van der Waals surface area contributed by atoms with Gasteiger partial charge in [-0.15, -0.1) is 0 Å². The number of aromatic nitrogens is 1. The van der Waals surface area contributed by atoms with Gasteiger partial charge in [0.25, 0.3) is 5.91 Å². The van der Waals surface area contributed by atoms with Crippen LogP contribution in [0.3, 0.4) is 0 Å². The van der Waals surface area contributed by atoms with E-state index in [0.29, 0.717) is 5.56 Å². The van der Waals surface area contributed by atoms with Gasteiger partial charge < -0.3 is 15.1 Å². The highest BCUT2D eigenvalue weighted by Gasteiger charge is 2.20. The molecule has 1 aromatic heterocycles. The van der Waals surface area contributed by atoms with E-state index in [2.05, 4.69) is 50.1 Å². The zero-order valence-corrected chi connectivity index (χ0v) is 19.6. The van der Waals surface area contributed by atoms with Crippen LogP contribution in [0.5, 0.6) is 0 Å². The molecule has 1 aliphatic rings. The first-order chi connectivity index (χ1) is 16.1. The van der Waals surface area contributed by atoms with Gasteiger partial charge in [0, 0.05) is 70.0 Å². The fraction of sp³-hybridized carbons (Fsp3) is 0.333. The van der Waals surface area contributed by atoms with Crippen LogP contribution in [0.2, 0.25) is 0 Å². The standard InChI is InChI=1S/C27H33N5O/c1-3-30(2)24-10-8-23(9-11-24)27(33)29-25-6-4-5-7-26(25)32-20-18-31(19-21-32)17-14-22-12-15-28-16-13-22/h4-13,15-16H,3,14,17-21H2,1-2H3,(H,29,33). The van der Waals surface area contributed by atoms with Crippen molar-refractivity contribution in [2.45, 2.75) is 13.3 Å². The Bertz CT molecular complexity index is 1030. The molecule has 0 unspecified atom stereocenters. The number of rotatable bonds is 8. The first-order valence-corrected chi connectivity index (χ1v) is 11.7. The van der Waals surface area contributed by atoms with Crippen LogP contribution in [0.4, 0.5) is 17.1 Å². The summed E-state index contributed by atoms with van der Waals surface area (Å²) in [6.45, 7) is 8.01. The van der Waals surface area contributed by atoms with Crippen molar-refractivity contribution in [3.05, 3.63) is 84.2 Å². The zero-order chi connectivity index (χ0) is 23.0. The van der Waals surface area contributed by atoms with E-state index < -0.39 is 0 Å². The zero-order valence-electron chi connectivity index (χ0n) is 19.6. The van der Waals surface area contributed by atoms with Crippen LogP contribution in [0.25, 0.3) is 0 Å². The van der Waals surface area contributed by atoms with E-state index >= 15 is 0 Å². The molecular formula is C27H33N5O. The molecule has 2 heterocycles. The summed E-state index contributed by atoms with van der Waals surface area (Å²) < 4.78 is 0. The highest BCUT2D eigenvalue weighted by molar-refractivity contribution is 6.06. The third-order valence-corrected chi connectivity index (χ3v) is 6.38. The molecule has 1 fully saturated rings. The number of hydrogen-bond donors (Lipinski definition) is 1. The number of carbonyl (C=O) groups is 1. The molecule has 3 aromatic rings. The molecule has 1 aliphatic heterocycles. The summed E-state index contributed by atoms with van der Waals surface area (Å²) in [4.78, 5) is 24.0. The van der Waals surface area contributed by atoms with E-state index in [1.165, 1.54) is 5.56 Å². The highest BCUT2D eigenvalue weighted by Crippen LogP contribution is 2.27. The van der Waals surface area contributed by atoms with Crippen molar-refractivity contribution >= 4 is 23.0 Å². The SMILES string of the molecule is CCN(C)c1ccc(C(=O)Nc2ccccc2N2CCN(CCc3ccncc3)CC2)cc1. The molecule has 33 heavy (non-hydrogen) atoms. The second-order valence-corrected chi connectivity index (χ2v) is 8.47. The molecule has 0 saturated carbocycles. The van der Waals surface area contributed by atoms with Gasteiger partial charge in [-0.05, 0) is 67.4 Å². The second-order valence-electron chi connectivity index (χ2n) is 8.47. The Morgan fingerprint density at radius 1 is 0.970 bits per heavy atom. The van der Waals surface area contributed by atoms with Gasteiger partial charge in [0.15, 0.2) is 0 Å². The normalized spacial score (nSPS) is 14.2. The lowest BCUT2D eigenvalue weighted by atomic mass is 10.1. The third-order valence-electron chi connectivity index (χ3n) is 6.38. The predicted molar refractivity (Wildman–Crippen MR) is 136 cm³/mol. The average molecular weight is 444 g/mol. The van der Waals surface area contributed by atoms with Gasteiger partial charge in [-0.2, -0.15) is 0 Å². The monoisotopic (exact) mass is 443 g/mol. The summed E-state index contributed by atoms with van der Waals surface area (Å²) in [5.41, 5.74) is 5.05. The number of hydrogen-bond acceptors (Lipinski definition) is 5. The molecule has 172 valence electrons. The topological polar surface area (TPSA) is 51.7 Å². The first-order valence-electron chi connectivity index (χ1n) is 11.7. The Labute approximate surface area is 196 Å². The van der Waals surface area contributed by atoms with E-state index in [9.17, 15) is 4.79 Å². The Morgan fingerprint density at radius 3 is 2.36 bits per heavy atom. The first kappa shape index (κ1) is 22.8. The van der Waals surface area contributed by atoms with Crippen LogP contribution in [0, 0.1) is 0 Å². The van der Waals surface area contributed by atoms with E-state index in [4.69, 9.17) is 0 Å². The van der Waals surface area contributed by atoms with E-state index in [0.717, 1.165) is 62.8 Å². The molecular weight excluding hydrogens is 410 g/mol. The lowest BCUT2D eigenvalue weighted by Crippen LogP contribution is -2.47. The van der Waals surface area contributed by atoms with Gasteiger partial charge in [-0.1, -0.05) is 12.1 Å². The molecule has 0 bridgehead atoms.